The molecule has 8 nitrogen and oxygen atoms in total. The van der Waals surface area contributed by atoms with Crippen molar-refractivity contribution in [1.29, 1.82) is 0 Å². The predicted octanol–water partition coefficient (Wildman–Crippen LogP) is 4.42. The minimum atomic E-state index is -0.598. The molecule has 180 valence electrons. The summed E-state index contributed by atoms with van der Waals surface area (Å²) in [7, 11) is 0. The number of hydrogen-bond donors (Lipinski definition) is 2. The van der Waals surface area contributed by atoms with Crippen LogP contribution in [0.15, 0.2) is 70.0 Å². The molecule has 0 amide bonds. The summed E-state index contributed by atoms with van der Waals surface area (Å²) in [6, 6.07) is 20.1. The van der Waals surface area contributed by atoms with Crippen molar-refractivity contribution in [3.63, 3.8) is 0 Å². The number of allylic oxidation sites excluding steroid dienone is 1. The number of nitrogens with zero attached hydrogens (tertiary/aromatic N) is 3. The van der Waals surface area contributed by atoms with Crippen LogP contribution in [0.4, 0.5) is 0 Å². The Bertz CT molecular complexity index is 1710. The van der Waals surface area contributed by atoms with Gasteiger partial charge in [0.1, 0.15) is 18.2 Å². The lowest BCUT2D eigenvalue weighted by Gasteiger charge is -2.17. The third-order valence-corrected chi connectivity index (χ3v) is 6.62. The quantitative estimate of drug-likeness (QED) is 0.395. The highest BCUT2D eigenvalue weighted by atomic mass is 16.5. The number of aliphatic hydroxyl groups excluding tert-OH is 1. The number of aromatic nitrogens is 4. The molecule has 8 heteroatoms. The summed E-state index contributed by atoms with van der Waals surface area (Å²) in [5, 5.41) is 13.6. The van der Waals surface area contributed by atoms with Gasteiger partial charge < -0.3 is 9.84 Å². The number of para-hydroxylation sites is 2. The molecule has 36 heavy (non-hydrogen) atoms. The summed E-state index contributed by atoms with van der Waals surface area (Å²) in [6.07, 6.45) is 0.441. The Morgan fingerprint density at radius 2 is 2.00 bits per heavy atom. The lowest BCUT2D eigenvalue weighted by atomic mass is 9.88. The van der Waals surface area contributed by atoms with Gasteiger partial charge in [-0.3, -0.25) is 14.1 Å². The number of nitrogens with one attached hydrogen (secondary N) is 1. The number of fused-ring (bicyclic) bond motifs is 3. The SMILES string of the molecule is C/C(=C1/c2ccc(-n3c(CCO)nc4ccccc43)cc2COc2cccc(C)c21)c1noc(=O)[nH]1. The molecule has 0 atom stereocenters. The van der Waals surface area contributed by atoms with E-state index in [0.717, 1.165) is 61.7 Å². The molecular formula is C28H24N4O4. The lowest BCUT2D eigenvalue weighted by molar-refractivity contribution is 0.296. The van der Waals surface area contributed by atoms with Gasteiger partial charge in [0.2, 0.25) is 0 Å². The number of imidazole rings is 1. The predicted molar refractivity (Wildman–Crippen MR) is 136 cm³/mol. The van der Waals surface area contributed by atoms with Crippen LogP contribution in [0.1, 0.15) is 40.8 Å². The van der Waals surface area contributed by atoms with Crippen LogP contribution in [0.5, 0.6) is 5.75 Å². The molecule has 3 heterocycles. The van der Waals surface area contributed by atoms with Gasteiger partial charge in [0.05, 0.1) is 17.6 Å². The van der Waals surface area contributed by atoms with E-state index >= 15 is 0 Å². The van der Waals surface area contributed by atoms with E-state index in [1.54, 1.807) is 0 Å². The Hall–Kier alpha value is -4.43. The summed E-state index contributed by atoms with van der Waals surface area (Å²) in [5.41, 5.74) is 8.47. The van der Waals surface area contributed by atoms with Crippen LogP contribution in [0, 0.1) is 6.92 Å². The van der Waals surface area contributed by atoms with Gasteiger partial charge >= 0.3 is 5.76 Å². The van der Waals surface area contributed by atoms with Gasteiger partial charge in [0.25, 0.3) is 0 Å². The molecule has 2 aromatic heterocycles. The van der Waals surface area contributed by atoms with Crippen molar-refractivity contribution in [2.24, 2.45) is 0 Å². The van der Waals surface area contributed by atoms with E-state index in [1.165, 1.54) is 0 Å². The van der Waals surface area contributed by atoms with Crippen LogP contribution >= 0.6 is 0 Å². The van der Waals surface area contributed by atoms with Gasteiger partial charge in [-0.2, -0.15) is 0 Å². The molecule has 5 aromatic rings. The lowest BCUT2D eigenvalue weighted by Crippen LogP contribution is -2.06. The van der Waals surface area contributed by atoms with Crippen molar-refractivity contribution in [2.45, 2.75) is 26.9 Å². The average Bonchev–Trinajstić information content (AvgIpc) is 3.43. The fraction of sp³-hybridized carbons (Fsp3) is 0.179. The number of rotatable bonds is 4. The molecule has 6 rings (SSSR count). The number of hydrogen-bond acceptors (Lipinski definition) is 6. The van der Waals surface area contributed by atoms with Crippen molar-refractivity contribution < 1.29 is 14.4 Å². The fourth-order valence-electron chi connectivity index (χ4n) is 4.99. The monoisotopic (exact) mass is 480 g/mol. The van der Waals surface area contributed by atoms with E-state index in [0.29, 0.717) is 18.9 Å². The first-order chi connectivity index (χ1) is 17.5. The smallest absolute Gasteiger partial charge is 0.439 e. The topological polar surface area (TPSA) is 106 Å². The van der Waals surface area contributed by atoms with Gasteiger partial charge in [-0.05, 0) is 66.4 Å². The van der Waals surface area contributed by atoms with Gasteiger partial charge in [-0.25, -0.2) is 9.78 Å². The highest BCUT2D eigenvalue weighted by molar-refractivity contribution is 6.00. The Morgan fingerprint density at radius 1 is 1.14 bits per heavy atom. The Balaban J connectivity index is 1.60. The first-order valence-electron chi connectivity index (χ1n) is 11.8. The van der Waals surface area contributed by atoms with Crippen molar-refractivity contribution >= 4 is 22.2 Å². The Kier molecular flexibility index (Phi) is 5.30. The molecule has 1 aliphatic rings. The molecule has 0 saturated heterocycles. The maximum absolute atomic E-state index is 11.7. The van der Waals surface area contributed by atoms with E-state index in [-0.39, 0.29) is 6.61 Å². The zero-order valence-corrected chi connectivity index (χ0v) is 19.9. The molecule has 1 aliphatic heterocycles. The van der Waals surface area contributed by atoms with E-state index < -0.39 is 5.76 Å². The molecule has 0 radical (unpaired) electrons. The van der Waals surface area contributed by atoms with Gasteiger partial charge in [0, 0.05) is 23.2 Å². The number of aryl methyl sites for hydroxylation is 1. The third-order valence-electron chi connectivity index (χ3n) is 6.62. The van der Waals surface area contributed by atoms with E-state index in [4.69, 9.17) is 14.2 Å². The molecule has 3 aromatic carbocycles. The standard InChI is InChI=1S/C28H24N4O4/c1-16-6-5-9-23-25(16)26(17(2)27-30-28(34)36-31-27)20-11-10-19(14-18(20)15-35-23)32-22-8-4-3-7-21(22)29-24(32)12-13-33/h3-11,14,33H,12-13,15H2,1-2H3,(H,30,31,34)/b26-17+. The zero-order valence-electron chi connectivity index (χ0n) is 19.9. The molecule has 0 saturated carbocycles. The Labute approximate surface area is 206 Å². The second-order valence-corrected chi connectivity index (χ2v) is 8.85. The summed E-state index contributed by atoms with van der Waals surface area (Å²) in [5.74, 6) is 1.34. The van der Waals surface area contributed by atoms with E-state index in [2.05, 4.69) is 32.9 Å². The van der Waals surface area contributed by atoms with E-state index in [9.17, 15) is 9.90 Å². The van der Waals surface area contributed by atoms with Crippen molar-refractivity contribution in [1.82, 2.24) is 19.7 Å². The summed E-state index contributed by atoms with van der Waals surface area (Å²) >= 11 is 0. The highest BCUT2D eigenvalue weighted by Gasteiger charge is 2.25. The molecule has 0 fully saturated rings. The van der Waals surface area contributed by atoms with Crippen LogP contribution in [-0.2, 0) is 13.0 Å². The first kappa shape index (κ1) is 22.1. The summed E-state index contributed by atoms with van der Waals surface area (Å²) < 4.78 is 13.2. The van der Waals surface area contributed by atoms with E-state index in [1.807, 2.05) is 56.3 Å². The molecule has 0 unspecified atom stereocenters. The van der Waals surface area contributed by atoms with Crippen molar-refractivity contribution in [3.05, 3.63) is 105 Å². The molecule has 0 bridgehead atoms. The van der Waals surface area contributed by atoms with Gasteiger partial charge in [0.15, 0.2) is 5.82 Å². The zero-order chi connectivity index (χ0) is 24.8. The van der Waals surface area contributed by atoms with Gasteiger partial charge in [-0.1, -0.05) is 35.5 Å². The highest BCUT2D eigenvalue weighted by Crippen LogP contribution is 2.42. The van der Waals surface area contributed by atoms with Crippen LogP contribution in [0.3, 0.4) is 0 Å². The van der Waals surface area contributed by atoms with Crippen LogP contribution in [0.2, 0.25) is 0 Å². The first-order valence-corrected chi connectivity index (χ1v) is 11.8. The van der Waals surface area contributed by atoms with Crippen LogP contribution in [0.25, 0.3) is 27.9 Å². The second kappa shape index (κ2) is 8.66. The molecule has 2 N–H and O–H groups in total. The fourth-order valence-corrected chi connectivity index (χ4v) is 4.99. The minimum absolute atomic E-state index is 0.00788. The number of benzene rings is 3. The minimum Gasteiger partial charge on any atom is -0.488 e. The summed E-state index contributed by atoms with van der Waals surface area (Å²) in [4.78, 5) is 19.1. The third kappa shape index (κ3) is 3.54. The van der Waals surface area contributed by atoms with Gasteiger partial charge in [-0.15, -0.1) is 0 Å². The number of aliphatic hydroxyl groups is 1. The maximum Gasteiger partial charge on any atom is 0.439 e. The molecule has 0 aliphatic carbocycles. The largest absolute Gasteiger partial charge is 0.488 e. The summed E-state index contributed by atoms with van der Waals surface area (Å²) in [6.45, 7) is 4.34. The molecular weight excluding hydrogens is 456 g/mol. The second-order valence-electron chi connectivity index (χ2n) is 8.85. The average molecular weight is 481 g/mol. The van der Waals surface area contributed by atoms with Crippen molar-refractivity contribution in [3.8, 4) is 11.4 Å². The van der Waals surface area contributed by atoms with Crippen molar-refractivity contribution in [2.75, 3.05) is 6.61 Å². The normalized spacial score (nSPS) is 14.2. The number of H-pyrrole nitrogens is 1. The maximum atomic E-state index is 11.7. The number of aromatic amines is 1. The Morgan fingerprint density at radius 3 is 2.81 bits per heavy atom. The van der Waals surface area contributed by atoms with Crippen LogP contribution in [-0.4, -0.2) is 31.4 Å². The number of ether oxygens (including phenoxy) is 1. The molecule has 0 spiro atoms. The van der Waals surface area contributed by atoms with Crippen LogP contribution < -0.4 is 10.5 Å².